The molecule has 3 aromatic carbocycles. The number of hydrogen-bond donors (Lipinski definition) is 1. The molecule has 2 amide bonds. The molecule has 0 heterocycles. The number of carbonyl (C=O) groups excluding carboxylic acids is 2. The van der Waals surface area contributed by atoms with Crippen molar-refractivity contribution >= 4 is 27.5 Å². The summed E-state index contributed by atoms with van der Waals surface area (Å²) in [5.41, 5.74) is 2.80. The molecule has 0 spiro atoms. The van der Waals surface area contributed by atoms with Gasteiger partial charge in [-0.2, -0.15) is 0 Å². The molecule has 0 radical (unpaired) electrons. The predicted molar refractivity (Wildman–Crippen MR) is 152 cm³/mol. The summed E-state index contributed by atoms with van der Waals surface area (Å²) < 4.78 is 40.0. The summed E-state index contributed by atoms with van der Waals surface area (Å²) in [6, 6.07) is 20.8. The Balaban J connectivity index is 2.06. The van der Waals surface area contributed by atoms with Crippen molar-refractivity contribution in [2.45, 2.75) is 52.2 Å². The second-order valence-corrected chi connectivity index (χ2v) is 11.6. The van der Waals surface area contributed by atoms with Crippen LogP contribution in [-0.2, 0) is 32.6 Å². The molecule has 1 N–H and O–H groups in total. The number of rotatable bonds is 12. The zero-order valence-electron chi connectivity index (χ0n) is 22.8. The fourth-order valence-electron chi connectivity index (χ4n) is 4.19. The highest BCUT2D eigenvalue weighted by Crippen LogP contribution is 2.21. The first-order chi connectivity index (χ1) is 18.5. The molecule has 3 rings (SSSR count). The van der Waals surface area contributed by atoms with E-state index in [0.29, 0.717) is 6.42 Å². The number of benzene rings is 3. The fraction of sp³-hybridized carbons (Fsp3) is 0.333. The number of nitrogens with zero attached hydrogens (tertiary/aromatic N) is 2. The smallest absolute Gasteiger partial charge is 0.244 e. The zero-order chi connectivity index (χ0) is 28.6. The Bertz CT molecular complexity index is 1360. The van der Waals surface area contributed by atoms with Gasteiger partial charge in [0.15, 0.2) is 0 Å². The lowest BCUT2D eigenvalue weighted by molar-refractivity contribution is -0.140. The largest absolute Gasteiger partial charge is 0.352 e. The Morgan fingerprint density at radius 2 is 1.56 bits per heavy atom. The molecule has 0 aliphatic rings. The summed E-state index contributed by atoms with van der Waals surface area (Å²) >= 11 is 0. The van der Waals surface area contributed by atoms with Gasteiger partial charge in [-0.15, -0.1) is 0 Å². The van der Waals surface area contributed by atoms with Gasteiger partial charge < -0.3 is 10.2 Å². The van der Waals surface area contributed by atoms with Crippen LogP contribution in [0.1, 0.15) is 37.0 Å². The minimum atomic E-state index is -3.91. The van der Waals surface area contributed by atoms with E-state index < -0.39 is 34.3 Å². The molecule has 0 saturated heterocycles. The third kappa shape index (κ3) is 8.38. The highest BCUT2D eigenvalue weighted by molar-refractivity contribution is 7.92. The Morgan fingerprint density at radius 1 is 0.949 bits per heavy atom. The average Bonchev–Trinajstić information content (AvgIpc) is 2.90. The molecule has 208 valence electrons. The number of sulfonamides is 1. The van der Waals surface area contributed by atoms with E-state index >= 15 is 0 Å². The molecule has 0 unspecified atom stereocenters. The molecule has 0 aromatic heterocycles. The van der Waals surface area contributed by atoms with Crippen molar-refractivity contribution in [2.24, 2.45) is 0 Å². The van der Waals surface area contributed by atoms with Gasteiger partial charge in [0.2, 0.25) is 21.8 Å². The highest BCUT2D eigenvalue weighted by Gasteiger charge is 2.33. The second kappa shape index (κ2) is 13.4. The van der Waals surface area contributed by atoms with Crippen molar-refractivity contribution in [1.82, 2.24) is 10.2 Å². The van der Waals surface area contributed by atoms with Gasteiger partial charge in [-0.3, -0.25) is 13.9 Å². The Hall–Kier alpha value is -3.72. The standard InChI is InChI=1S/C30H36FN3O4S/c1-5-23(3)32-30(36)28(19-24-12-7-6-8-13-24)33(20-25-14-10-9-11-22(25)2)29(35)21-34(39(4,37)38)27-17-15-26(31)16-18-27/h6-18,23,28H,5,19-21H2,1-4H3,(H,32,36)/t23-,28+/m0/s1. The maximum absolute atomic E-state index is 14.0. The lowest BCUT2D eigenvalue weighted by Gasteiger charge is -2.34. The topological polar surface area (TPSA) is 86.8 Å². The van der Waals surface area contributed by atoms with Gasteiger partial charge in [-0.1, -0.05) is 61.5 Å². The van der Waals surface area contributed by atoms with Crippen LogP contribution in [0.15, 0.2) is 78.9 Å². The van der Waals surface area contributed by atoms with E-state index in [9.17, 15) is 22.4 Å². The Kier molecular flexibility index (Phi) is 10.2. The quantitative estimate of drug-likeness (QED) is 0.359. The molecular weight excluding hydrogens is 517 g/mol. The van der Waals surface area contributed by atoms with E-state index in [1.165, 1.54) is 17.0 Å². The van der Waals surface area contributed by atoms with Crippen LogP contribution >= 0.6 is 0 Å². The molecular formula is C30H36FN3O4S. The van der Waals surface area contributed by atoms with E-state index in [1.807, 2.05) is 75.4 Å². The number of anilines is 1. The summed E-state index contributed by atoms with van der Waals surface area (Å²) in [5.74, 6) is -1.39. The Morgan fingerprint density at radius 3 is 2.15 bits per heavy atom. The van der Waals surface area contributed by atoms with Gasteiger partial charge in [0.05, 0.1) is 11.9 Å². The maximum atomic E-state index is 14.0. The van der Waals surface area contributed by atoms with Crippen LogP contribution in [-0.4, -0.2) is 50.0 Å². The summed E-state index contributed by atoms with van der Waals surface area (Å²) in [4.78, 5) is 29.1. The van der Waals surface area contributed by atoms with E-state index in [1.54, 1.807) is 0 Å². The van der Waals surface area contributed by atoms with Gasteiger partial charge in [0, 0.05) is 19.0 Å². The van der Waals surface area contributed by atoms with Crippen LogP contribution in [0.5, 0.6) is 0 Å². The summed E-state index contributed by atoms with van der Waals surface area (Å²) in [6.07, 6.45) is 1.95. The summed E-state index contributed by atoms with van der Waals surface area (Å²) in [6.45, 7) is 5.34. The van der Waals surface area contributed by atoms with Crippen molar-refractivity contribution in [2.75, 3.05) is 17.1 Å². The van der Waals surface area contributed by atoms with Crippen LogP contribution < -0.4 is 9.62 Å². The van der Waals surface area contributed by atoms with E-state index in [-0.39, 0.29) is 30.6 Å². The number of amides is 2. The number of aryl methyl sites for hydroxylation is 1. The molecule has 0 saturated carbocycles. The lowest BCUT2D eigenvalue weighted by atomic mass is 10.0. The first-order valence-electron chi connectivity index (χ1n) is 12.9. The predicted octanol–water partition coefficient (Wildman–Crippen LogP) is 4.45. The van der Waals surface area contributed by atoms with Crippen LogP contribution in [0.4, 0.5) is 10.1 Å². The minimum absolute atomic E-state index is 0.109. The maximum Gasteiger partial charge on any atom is 0.244 e. The molecule has 2 atom stereocenters. The van der Waals surface area contributed by atoms with Gasteiger partial charge >= 0.3 is 0 Å². The number of hydrogen-bond acceptors (Lipinski definition) is 4. The third-order valence-electron chi connectivity index (χ3n) is 6.67. The van der Waals surface area contributed by atoms with Gasteiger partial charge in [0.1, 0.15) is 18.4 Å². The summed E-state index contributed by atoms with van der Waals surface area (Å²) in [5, 5.41) is 3.00. The first-order valence-corrected chi connectivity index (χ1v) is 14.8. The molecule has 9 heteroatoms. The number of halogens is 1. The molecule has 3 aromatic rings. The number of carbonyl (C=O) groups is 2. The molecule has 0 fully saturated rings. The first kappa shape index (κ1) is 29.8. The SMILES string of the molecule is CC[C@H](C)NC(=O)[C@@H](Cc1ccccc1)N(Cc1ccccc1C)C(=O)CN(c1ccc(F)cc1)S(C)(=O)=O. The van der Waals surface area contributed by atoms with Crippen molar-refractivity contribution in [3.8, 4) is 0 Å². The van der Waals surface area contributed by atoms with Gasteiger partial charge in [0.25, 0.3) is 0 Å². The zero-order valence-corrected chi connectivity index (χ0v) is 23.6. The second-order valence-electron chi connectivity index (χ2n) is 9.72. The third-order valence-corrected chi connectivity index (χ3v) is 7.81. The van der Waals surface area contributed by atoms with E-state index in [4.69, 9.17) is 0 Å². The minimum Gasteiger partial charge on any atom is -0.352 e. The fourth-order valence-corrected chi connectivity index (χ4v) is 5.04. The van der Waals surface area contributed by atoms with E-state index in [2.05, 4.69) is 5.32 Å². The lowest BCUT2D eigenvalue weighted by Crippen LogP contribution is -2.54. The van der Waals surface area contributed by atoms with E-state index in [0.717, 1.165) is 39.4 Å². The molecule has 0 aliphatic heterocycles. The number of nitrogens with one attached hydrogen (secondary N) is 1. The monoisotopic (exact) mass is 553 g/mol. The van der Waals surface area contributed by atoms with Crippen molar-refractivity contribution < 1.29 is 22.4 Å². The molecule has 0 aliphatic carbocycles. The van der Waals surface area contributed by atoms with Crippen molar-refractivity contribution in [1.29, 1.82) is 0 Å². The van der Waals surface area contributed by atoms with Gasteiger partial charge in [-0.05, 0) is 61.2 Å². The van der Waals surface area contributed by atoms with Crippen molar-refractivity contribution in [3.63, 3.8) is 0 Å². The average molecular weight is 554 g/mol. The van der Waals surface area contributed by atoms with Crippen LogP contribution in [0, 0.1) is 12.7 Å². The van der Waals surface area contributed by atoms with Crippen LogP contribution in [0.2, 0.25) is 0 Å². The van der Waals surface area contributed by atoms with Crippen LogP contribution in [0.3, 0.4) is 0 Å². The molecule has 39 heavy (non-hydrogen) atoms. The van der Waals surface area contributed by atoms with Gasteiger partial charge in [-0.25, -0.2) is 12.8 Å². The van der Waals surface area contributed by atoms with Crippen molar-refractivity contribution in [3.05, 3.63) is 101 Å². The van der Waals surface area contributed by atoms with Crippen LogP contribution in [0.25, 0.3) is 0 Å². The molecule has 0 bridgehead atoms. The molecule has 7 nitrogen and oxygen atoms in total. The highest BCUT2D eigenvalue weighted by atomic mass is 32.2. The normalized spacial score (nSPS) is 12.8. The Labute approximate surface area is 230 Å². The summed E-state index contributed by atoms with van der Waals surface area (Å²) in [7, 11) is -3.91.